The van der Waals surface area contributed by atoms with Crippen LogP contribution in [0.4, 0.5) is 0 Å². The average Bonchev–Trinajstić information content (AvgIpc) is 3.41. The molecule has 2 aromatic rings. The lowest BCUT2D eigenvalue weighted by Gasteiger charge is -2.46. The van der Waals surface area contributed by atoms with Crippen molar-refractivity contribution in [3.05, 3.63) is 17.3 Å². The average molecular weight is 585 g/mol. The number of ether oxygens (including phenoxy) is 1. The molecule has 0 aromatic carbocycles. The molecule has 11 heteroatoms. The van der Waals surface area contributed by atoms with Crippen molar-refractivity contribution in [3.63, 3.8) is 0 Å². The second-order valence-corrected chi connectivity index (χ2v) is 21.1. The second-order valence-electron chi connectivity index (χ2n) is 12.1. The van der Waals surface area contributed by atoms with Gasteiger partial charge in [0.2, 0.25) is 0 Å². The molecule has 8 nitrogen and oxygen atoms in total. The molecule has 4 atom stereocenters. The number of aryl methyl sites for hydroxylation is 1. The Morgan fingerprint density at radius 1 is 1.03 bits per heavy atom. The molecule has 0 radical (unpaired) electrons. The van der Waals surface area contributed by atoms with E-state index in [1.807, 2.05) is 11.5 Å². The molecule has 3 rings (SSSR count). The Hall–Kier alpha value is -0.886. The van der Waals surface area contributed by atoms with Crippen LogP contribution in [0.15, 0.2) is 6.33 Å². The molecule has 1 aliphatic rings. The van der Waals surface area contributed by atoms with Crippen LogP contribution in [0.2, 0.25) is 27.3 Å². The van der Waals surface area contributed by atoms with E-state index in [9.17, 15) is 4.80 Å². The quantitative estimate of drug-likeness (QED) is 0.209. The van der Waals surface area contributed by atoms with Crippen molar-refractivity contribution in [1.82, 2.24) is 19.5 Å². The molecule has 216 valence electrons. The Morgan fingerprint density at radius 2 is 1.63 bits per heavy atom. The minimum Gasteiger partial charge on any atom is -0.414 e. The summed E-state index contributed by atoms with van der Waals surface area (Å²) in [5.41, 5.74) is 1.81. The summed E-state index contributed by atoms with van der Waals surface area (Å²) in [7, 11) is -5.84. The van der Waals surface area contributed by atoms with E-state index >= 15 is 0 Å². The van der Waals surface area contributed by atoms with E-state index in [0.717, 1.165) is 6.42 Å². The van der Waals surface area contributed by atoms with Crippen molar-refractivity contribution in [2.24, 2.45) is 11.8 Å². The highest BCUT2D eigenvalue weighted by molar-refractivity contribution is 6.83. The first-order chi connectivity index (χ1) is 17.7. The Labute approximate surface area is 236 Å². The fraction of sp³-hybridized carbons (Fsp3) is 0.815. The molecule has 3 heterocycles. The smallest absolute Gasteiger partial charge is 0.334 e. The SMILES string of the molecule is CCc1nc(Cl)c2ncn(C3OC(CO[Si](O[Si](O)(C(C)C)C(C)C)(C(C)C)C(C)C)C(C)C3CC)c2n1. The molecule has 0 bridgehead atoms. The largest absolute Gasteiger partial charge is 0.414 e. The van der Waals surface area contributed by atoms with E-state index < -0.39 is 17.1 Å². The maximum absolute atomic E-state index is 11.8. The van der Waals surface area contributed by atoms with Crippen molar-refractivity contribution >= 4 is 39.9 Å². The van der Waals surface area contributed by atoms with Crippen LogP contribution in [0.3, 0.4) is 0 Å². The number of hydrogen-bond acceptors (Lipinski definition) is 7. The first-order valence-electron chi connectivity index (χ1n) is 14.3. The van der Waals surface area contributed by atoms with Crippen molar-refractivity contribution in [1.29, 1.82) is 0 Å². The zero-order valence-electron chi connectivity index (χ0n) is 25.2. The summed E-state index contributed by atoms with van der Waals surface area (Å²) in [4.78, 5) is 25.4. The molecule has 38 heavy (non-hydrogen) atoms. The maximum Gasteiger partial charge on any atom is 0.334 e. The first kappa shape index (κ1) is 31.6. The maximum atomic E-state index is 11.8. The zero-order valence-corrected chi connectivity index (χ0v) is 27.9. The highest BCUT2D eigenvalue weighted by Crippen LogP contribution is 2.45. The van der Waals surface area contributed by atoms with Gasteiger partial charge in [0.1, 0.15) is 17.6 Å². The van der Waals surface area contributed by atoms with Crippen molar-refractivity contribution in [3.8, 4) is 0 Å². The Kier molecular flexibility index (Phi) is 10.3. The predicted molar refractivity (Wildman–Crippen MR) is 158 cm³/mol. The monoisotopic (exact) mass is 584 g/mol. The van der Waals surface area contributed by atoms with Gasteiger partial charge in [-0.2, -0.15) is 0 Å². The molecular formula is C27H49ClN4O4Si2. The highest BCUT2D eigenvalue weighted by Gasteiger charge is 2.55. The van der Waals surface area contributed by atoms with Gasteiger partial charge < -0.3 is 18.1 Å². The van der Waals surface area contributed by atoms with E-state index in [4.69, 9.17) is 29.9 Å². The van der Waals surface area contributed by atoms with Crippen LogP contribution in [0, 0.1) is 11.8 Å². The van der Waals surface area contributed by atoms with Crippen LogP contribution in [0.1, 0.15) is 94.6 Å². The van der Waals surface area contributed by atoms with Gasteiger partial charge in [-0.05, 0) is 34.5 Å². The molecular weight excluding hydrogens is 536 g/mol. The number of hydrogen-bond donors (Lipinski definition) is 1. The Bertz CT molecular complexity index is 1060. The van der Waals surface area contributed by atoms with Crippen LogP contribution < -0.4 is 0 Å². The number of rotatable bonds is 12. The summed E-state index contributed by atoms with van der Waals surface area (Å²) in [6, 6.07) is 0. The summed E-state index contributed by atoms with van der Waals surface area (Å²) < 4.78 is 22.6. The van der Waals surface area contributed by atoms with Crippen LogP contribution in [0.25, 0.3) is 11.2 Å². The molecule has 1 aliphatic heterocycles. The van der Waals surface area contributed by atoms with Gasteiger partial charge >= 0.3 is 17.1 Å². The third-order valence-electron chi connectivity index (χ3n) is 8.49. The molecule has 1 fully saturated rings. The van der Waals surface area contributed by atoms with Gasteiger partial charge in [0.25, 0.3) is 0 Å². The lowest BCUT2D eigenvalue weighted by atomic mass is 9.89. The van der Waals surface area contributed by atoms with Crippen LogP contribution in [0.5, 0.6) is 0 Å². The number of halogens is 1. The number of imidazole rings is 1. The van der Waals surface area contributed by atoms with Crippen molar-refractivity contribution in [2.75, 3.05) is 6.61 Å². The van der Waals surface area contributed by atoms with Gasteiger partial charge in [0, 0.05) is 12.3 Å². The topological polar surface area (TPSA) is 91.5 Å². The molecule has 0 saturated carbocycles. The summed E-state index contributed by atoms with van der Waals surface area (Å²) in [6.07, 6.45) is 3.07. The molecule has 0 amide bonds. The normalized spacial score (nSPS) is 23.2. The van der Waals surface area contributed by atoms with Gasteiger partial charge in [-0.1, -0.05) is 87.8 Å². The van der Waals surface area contributed by atoms with Crippen LogP contribution in [-0.4, -0.2) is 54.1 Å². The minimum atomic E-state index is -3.02. The Balaban J connectivity index is 1.91. The molecule has 1 N–H and O–H groups in total. The van der Waals surface area contributed by atoms with Gasteiger partial charge in [-0.3, -0.25) is 4.57 Å². The second kappa shape index (κ2) is 12.3. The van der Waals surface area contributed by atoms with Gasteiger partial charge in [-0.15, -0.1) is 0 Å². The van der Waals surface area contributed by atoms with Crippen molar-refractivity contribution < 1.29 is 18.1 Å². The standard InChI is InChI=1S/C27H49ClN4O4Si2/c1-12-21-20(11)22(35-27(21)32-15-29-24-25(28)30-23(13-2)31-26(24)32)14-34-38(18(7)8,19(9)10)36-37(33,16(3)4)17(5)6/h15-22,27,33H,12-14H2,1-11H3. The molecule has 1 saturated heterocycles. The fourth-order valence-corrected chi connectivity index (χ4v) is 15.9. The van der Waals surface area contributed by atoms with Crippen LogP contribution >= 0.6 is 11.6 Å². The van der Waals surface area contributed by atoms with E-state index in [-0.39, 0.29) is 46.3 Å². The summed E-state index contributed by atoms with van der Waals surface area (Å²) in [5.74, 6) is 1.20. The lowest BCUT2D eigenvalue weighted by molar-refractivity contribution is -0.0364. The van der Waals surface area contributed by atoms with E-state index in [0.29, 0.717) is 35.2 Å². The molecule has 0 aliphatic carbocycles. The van der Waals surface area contributed by atoms with Crippen LogP contribution in [-0.2, 0) is 19.7 Å². The summed E-state index contributed by atoms with van der Waals surface area (Å²) in [6.45, 7) is 23.8. The van der Waals surface area contributed by atoms with Gasteiger partial charge in [0.05, 0.1) is 19.0 Å². The number of nitrogens with zero attached hydrogens (tertiary/aromatic N) is 4. The van der Waals surface area contributed by atoms with E-state index in [2.05, 4.69) is 79.2 Å². The molecule has 2 aromatic heterocycles. The zero-order chi connectivity index (χ0) is 28.6. The van der Waals surface area contributed by atoms with Gasteiger partial charge in [-0.25, -0.2) is 15.0 Å². The third-order valence-corrected chi connectivity index (χ3v) is 18.5. The Morgan fingerprint density at radius 3 is 2.13 bits per heavy atom. The number of aromatic nitrogens is 4. The molecule has 0 spiro atoms. The summed E-state index contributed by atoms with van der Waals surface area (Å²) in [5, 5.41) is 0.373. The highest BCUT2D eigenvalue weighted by atomic mass is 35.5. The van der Waals surface area contributed by atoms with Gasteiger partial charge in [0.15, 0.2) is 10.8 Å². The number of fused-ring (bicyclic) bond motifs is 1. The minimum absolute atomic E-state index is 0.0716. The van der Waals surface area contributed by atoms with Crippen molar-refractivity contribution in [2.45, 2.75) is 123 Å². The molecule has 4 unspecified atom stereocenters. The third kappa shape index (κ3) is 5.78. The summed E-state index contributed by atoms with van der Waals surface area (Å²) >= 11 is 6.43. The fourth-order valence-electron chi connectivity index (χ4n) is 5.88. The van der Waals surface area contributed by atoms with E-state index in [1.54, 1.807) is 6.33 Å². The van der Waals surface area contributed by atoms with E-state index in [1.165, 1.54) is 0 Å². The predicted octanol–water partition coefficient (Wildman–Crippen LogP) is 7.15. The first-order valence-corrected chi connectivity index (χ1v) is 18.7. The lowest BCUT2D eigenvalue weighted by Crippen LogP contribution is -2.60.